The molecule has 2 rings (SSSR count). The fraction of sp³-hybridized carbons (Fsp3) is 0.417. The molecule has 1 aliphatic rings. The summed E-state index contributed by atoms with van der Waals surface area (Å²) in [5.41, 5.74) is 0.502. The zero-order valence-electron chi connectivity index (χ0n) is 10.7. The Morgan fingerprint density at radius 2 is 2.11 bits per heavy atom. The summed E-state index contributed by atoms with van der Waals surface area (Å²) in [5, 5.41) is 3.04. The summed E-state index contributed by atoms with van der Waals surface area (Å²) in [6, 6.07) is 4.03. The number of piperazine rings is 1. The molecular formula is C12H15ClN2O3S. The lowest BCUT2D eigenvalue weighted by molar-refractivity contribution is -0.126. The van der Waals surface area contributed by atoms with Crippen molar-refractivity contribution in [3.05, 3.63) is 28.8 Å². The number of nitrogens with zero attached hydrogens (tertiary/aromatic N) is 1. The first-order valence-corrected chi connectivity index (χ1v) is 7.72. The molecule has 1 unspecified atom stereocenters. The number of hydrogen-bond acceptors (Lipinski definition) is 3. The van der Waals surface area contributed by atoms with Crippen LogP contribution in [0.25, 0.3) is 0 Å². The molecule has 1 atom stereocenters. The van der Waals surface area contributed by atoms with Crippen molar-refractivity contribution in [2.24, 2.45) is 0 Å². The SMILES string of the molecule is Cc1c(Cl)cccc1S(=O)(=O)N1CCNC(=O)C1C. The molecule has 1 N–H and O–H groups in total. The maximum absolute atomic E-state index is 12.6. The Labute approximate surface area is 117 Å². The first kappa shape index (κ1) is 14.3. The largest absolute Gasteiger partial charge is 0.353 e. The fourth-order valence-electron chi connectivity index (χ4n) is 2.08. The number of nitrogens with one attached hydrogen (secondary N) is 1. The molecule has 7 heteroatoms. The Kier molecular flexibility index (Phi) is 3.85. The van der Waals surface area contributed by atoms with Crippen molar-refractivity contribution in [1.29, 1.82) is 0 Å². The van der Waals surface area contributed by atoms with Crippen LogP contribution in [0.3, 0.4) is 0 Å². The number of rotatable bonds is 2. The number of amides is 1. The van der Waals surface area contributed by atoms with Gasteiger partial charge in [-0.05, 0) is 31.5 Å². The summed E-state index contributed by atoms with van der Waals surface area (Å²) in [5.74, 6) is -0.283. The van der Waals surface area contributed by atoms with Gasteiger partial charge in [-0.2, -0.15) is 4.31 Å². The molecule has 0 saturated carbocycles. The Hall–Kier alpha value is -1.11. The molecule has 1 amide bonds. The number of carbonyl (C=O) groups excluding carboxylic acids is 1. The van der Waals surface area contributed by atoms with E-state index < -0.39 is 16.1 Å². The molecular weight excluding hydrogens is 288 g/mol. The molecule has 1 aliphatic heterocycles. The molecule has 104 valence electrons. The fourth-order valence-corrected chi connectivity index (χ4v) is 4.16. The van der Waals surface area contributed by atoms with Crippen molar-refractivity contribution in [2.45, 2.75) is 24.8 Å². The third kappa shape index (κ3) is 2.48. The van der Waals surface area contributed by atoms with E-state index in [4.69, 9.17) is 11.6 Å². The smallest absolute Gasteiger partial charge is 0.244 e. The van der Waals surface area contributed by atoms with Crippen molar-refractivity contribution in [3.63, 3.8) is 0 Å². The summed E-state index contributed by atoms with van der Waals surface area (Å²) < 4.78 is 26.4. The summed E-state index contributed by atoms with van der Waals surface area (Å²) in [6.45, 7) is 3.82. The third-order valence-corrected chi connectivity index (χ3v) is 5.77. The van der Waals surface area contributed by atoms with Gasteiger partial charge in [-0.15, -0.1) is 0 Å². The van der Waals surface area contributed by atoms with E-state index in [-0.39, 0.29) is 17.3 Å². The minimum Gasteiger partial charge on any atom is -0.353 e. The van der Waals surface area contributed by atoms with E-state index >= 15 is 0 Å². The van der Waals surface area contributed by atoms with Crippen LogP contribution in [0.4, 0.5) is 0 Å². The average molecular weight is 303 g/mol. The van der Waals surface area contributed by atoms with Gasteiger partial charge in [0.1, 0.15) is 6.04 Å². The molecule has 1 aromatic carbocycles. The van der Waals surface area contributed by atoms with Crippen LogP contribution in [-0.2, 0) is 14.8 Å². The maximum atomic E-state index is 12.6. The lowest BCUT2D eigenvalue weighted by Gasteiger charge is -2.32. The molecule has 1 saturated heterocycles. The highest BCUT2D eigenvalue weighted by Gasteiger charge is 2.36. The summed E-state index contributed by atoms with van der Waals surface area (Å²) in [6.07, 6.45) is 0. The highest BCUT2D eigenvalue weighted by Crippen LogP contribution is 2.27. The molecule has 0 aromatic heterocycles. The van der Waals surface area contributed by atoms with E-state index in [1.54, 1.807) is 26.0 Å². The Morgan fingerprint density at radius 3 is 2.79 bits per heavy atom. The van der Waals surface area contributed by atoms with Crippen molar-refractivity contribution >= 4 is 27.5 Å². The first-order chi connectivity index (χ1) is 8.85. The Balaban J connectivity index is 2.48. The highest BCUT2D eigenvalue weighted by molar-refractivity contribution is 7.89. The lowest BCUT2D eigenvalue weighted by atomic mass is 10.2. The van der Waals surface area contributed by atoms with Crippen LogP contribution in [0.2, 0.25) is 5.02 Å². The van der Waals surface area contributed by atoms with Gasteiger partial charge in [-0.3, -0.25) is 4.79 Å². The second-order valence-corrected chi connectivity index (χ2v) is 6.71. The van der Waals surface area contributed by atoms with E-state index in [9.17, 15) is 13.2 Å². The Morgan fingerprint density at radius 1 is 1.42 bits per heavy atom. The molecule has 19 heavy (non-hydrogen) atoms. The van der Waals surface area contributed by atoms with Gasteiger partial charge in [0, 0.05) is 18.1 Å². The van der Waals surface area contributed by atoms with Crippen molar-refractivity contribution in [1.82, 2.24) is 9.62 Å². The zero-order chi connectivity index (χ0) is 14.2. The van der Waals surface area contributed by atoms with Gasteiger partial charge < -0.3 is 5.32 Å². The van der Waals surface area contributed by atoms with Crippen LogP contribution >= 0.6 is 11.6 Å². The first-order valence-electron chi connectivity index (χ1n) is 5.90. The summed E-state index contributed by atoms with van der Waals surface area (Å²) in [7, 11) is -3.71. The van der Waals surface area contributed by atoms with Crippen molar-refractivity contribution in [3.8, 4) is 0 Å². The quantitative estimate of drug-likeness (QED) is 0.891. The van der Waals surface area contributed by atoms with Gasteiger partial charge in [-0.25, -0.2) is 8.42 Å². The minimum absolute atomic E-state index is 0.154. The van der Waals surface area contributed by atoms with Crippen molar-refractivity contribution in [2.75, 3.05) is 13.1 Å². The van der Waals surface area contributed by atoms with Gasteiger partial charge in [0.25, 0.3) is 0 Å². The Bertz CT molecular complexity index is 615. The summed E-state index contributed by atoms with van der Waals surface area (Å²) in [4.78, 5) is 11.7. The highest BCUT2D eigenvalue weighted by atomic mass is 35.5. The standard InChI is InChI=1S/C12H15ClN2O3S/c1-8-10(13)4-3-5-11(8)19(17,18)15-7-6-14-12(16)9(15)2/h3-5,9H,6-7H2,1-2H3,(H,14,16). The number of sulfonamides is 1. The van der Waals surface area contributed by atoms with Crippen LogP contribution < -0.4 is 5.32 Å². The molecule has 0 radical (unpaired) electrons. The normalized spacial score (nSPS) is 21.2. The van der Waals surface area contributed by atoms with Crippen LogP contribution in [0.15, 0.2) is 23.1 Å². The summed E-state index contributed by atoms with van der Waals surface area (Å²) >= 11 is 5.96. The van der Waals surface area contributed by atoms with Crippen LogP contribution in [0.5, 0.6) is 0 Å². The monoisotopic (exact) mass is 302 g/mol. The van der Waals surface area contributed by atoms with Gasteiger partial charge in [0.05, 0.1) is 4.90 Å². The van der Waals surface area contributed by atoms with Crippen LogP contribution in [0, 0.1) is 6.92 Å². The molecule has 1 heterocycles. The molecule has 0 bridgehead atoms. The maximum Gasteiger partial charge on any atom is 0.244 e. The van der Waals surface area contributed by atoms with Gasteiger partial charge in [-0.1, -0.05) is 17.7 Å². The number of benzene rings is 1. The number of carbonyl (C=O) groups is 1. The molecule has 5 nitrogen and oxygen atoms in total. The topological polar surface area (TPSA) is 66.5 Å². The van der Waals surface area contributed by atoms with Crippen molar-refractivity contribution < 1.29 is 13.2 Å². The van der Waals surface area contributed by atoms with E-state index in [1.165, 1.54) is 10.4 Å². The van der Waals surface area contributed by atoms with E-state index in [0.29, 0.717) is 17.1 Å². The van der Waals surface area contributed by atoms with E-state index in [1.807, 2.05) is 0 Å². The second-order valence-electron chi connectivity index (χ2n) is 4.45. The molecule has 0 spiro atoms. The predicted molar refractivity (Wildman–Crippen MR) is 72.6 cm³/mol. The third-order valence-electron chi connectivity index (χ3n) is 3.25. The van der Waals surface area contributed by atoms with Crippen LogP contribution in [-0.4, -0.2) is 37.8 Å². The molecule has 1 fully saturated rings. The zero-order valence-corrected chi connectivity index (χ0v) is 12.3. The lowest BCUT2D eigenvalue weighted by Crippen LogP contribution is -2.55. The van der Waals surface area contributed by atoms with E-state index in [2.05, 4.69) is 5.32 Å². The van der Waals surface area contributed by atoms with Crippen LogP contribution in [0.1, 0.15) is 12.5 Å². The second kappa shape index (κ2) is 5.11. The number of hydrogen-bond donors (Lipinski definition) is 1. The average Bonchev–Trinajstić information content (AvgIpc) is 2.35. The number of halogens is 1. The molecule has 0 aliphatic carbocycles. The van der Waals surface area contributed by atoms with Gasteiger partial charge in [0.15, 0.2) is 0 Å². The van der Waals surface area contributed by atoms with E-state index in [0.717, 1.165) is 0 Å². The predicted octanol–water partition coefficient (Wildman–Crippen LogP) is 1.16. The minimum atomic E-state index is -3.71. The molecule has 1 aromatic rings. The van der Waals surface area contributed by atoms with Gasteiger partial charge >= 0.3 is 0 Å². The van der Waals surface area contributed by atoms with Gasteiger partial charge in [0.2, 0.25) is 15.9 Å².